The Bertz CT molecular complexity index is 1420. The highest BCUT2D eigenvalue weighted by molar-refractivity contribution is 6.05. The molecule has 5 aromatic rings. The second kappa shape index (κ2) is 8.46. The molecule has 0 saturated carbocycles. The summed E-state index contributed by atoms with van der Waals surface area (Å²) < 4.78 is 18.3. The summed E-state index contributed by atoms with van der Waals surface area (Å²) >= 11 is 0. The van der Waals surface area contributed by atoms with E-state index in [-0.39, 0.29) is 11.7 Å². The first-order valence-electron chi connectivity index (χ1n) is 10.1. The number of anilines is 1. The van der Waals surface area contributed by atoms with Crippen LogP contribution in [-0.4, -0.2) is 33.0 Å². The lowest BCUT2D eigenvalue weighted by Crippen LogP contribution is -2.10. The van der Waals surface area contributed by atoms with Crippen LogP contribution in [0.25, 0.3) is 16.8 Å². The second-order valence-corrected chi connectivity index (χ2v) is 7.20. The fraction of sp³-hybridized carbons (Fsp3) is 0.0833. The van der Waals surface area contributed by atoms with Crippen molar-refractivity contribution in [1.29, 1.82) is 0 Å². The molecule has 0 atom stereocenters. The van der Waals surface area contributed by atoms with Gasteiger partial charge in [-0.1, -0.05) is 12.1 Å². The largest absolute Gasteiger partial charge is 0.493 e. The average Bonchev–Trinajstić information content (AvgIpc) is 3.47. The van der Waals surface area contributed by atoms with E-state index in [4.69, 9.17) is 13.9 Å². The van der Waals surface area contributed by atoms with Crippen molar-refractivity contribution in [2.45, 2.75) is 6.92 Å². The van der Waals surface area contributed by atoms with Gasteiger partial charge >= 0.3 is 0 Å². The molecule has 0 aliphatic carbocycles. The van der Waals surface area contributed by atoms with Crippen LogP contribution in [0.15, 0.2) is 77.3 Å². The number of aryl methyl sites for hydroxylation is 1. The molecule has 2 aromatic carbocycles. The van der Waals surface area contributed by atoms with Crippen molar-refractivity contribution < 1.29 is 18.7 Å². The van der Waals surface area contributed by atoms with Gasteiger partial charge in [-0.25, -0.2) is 4.68 Å². The molecule has 3 aromatic heterocycles. The summed E-state index contributed by atoms with van der Waals surface area (Å²) in [6, 6.07) is 19.4. The number of aromatic nitrogens is 4. The first-order chi connectivity index (χ1) is 16.1. The Morgan fingerprint density at radius 3 is 2.58 bits per heavy atom. The van der Waals surface area contributed by atoms with Crippen molar-refractivity contribution in [3.05, 3.63) is 84.4 Å². The third-order valence-electron chi connectivity index (χ3n) is 4.87. The number of methoxy groups -OCH3 is 1. The van der Waals surface area contributed by atoms with Gasteiger partial charge in [0, 0.05) is 23.3 Å². The third kappa shape index (κ3) is 4.24. The molecule has 164 valence electrons. The molecule has 0 unspecified atom stereocenters. The zero-order chi connectivity index (χ0) is 22.8. The number of hydrogen-bond acceptors (Lipinski definition) is 7. The Hall–Kier alpha value is -4.66. The normalized spacial score (nSPS) is 10.8. The fourth-order valence-electron chi connectivity index (χ4n) is 3.26. The highest BCUT2D eigenvalue weighted by Gasteiger charge is 2.15. The lowest BCUT2D eigenvalue weighted by molar-refractivity contribution is 0.0998. The minimum Gasteiger partial charge on any atom is -0.493 e. The van der Waals surface area contributed by atoms with Crippen LogP contribution in [0.2, 0.25) is 0 Å². The van der Waals surface area contributed by atoms with Crippen LogP contribution >= 0.6 is 0 Å². The topological polar surface area (TPSA) is 104 Å². The number of hydrogen-bond donors (Lipinski definition) is 1. The predicted molar refractivity (Wildman–Crippen MR) is 121 cm³/mol. The summed E-state index contributed by atoms with van der Waals surface area (Å²) in [6.45, 7) is 1.90. The molecule has 0 aliphatic heterocycles. The second-order valence-electron chi connectivity index (χ2n) is 7.20. The summed E-state index contributed by atoms with van der Waals surface area (Å²) in [6.07, 6.45) is 1.81. The molecule has 9 nitrogen and oxygen atoms in total. The number of fused-ring (bicyclic) bond motifs is 1. The molecule has 0 radical (unpaired) electrons. The maximum absolute atomic E-state index is 12.6. The summed E-state index contributed by atoms with van der Waals surface area (Å²) in [5.41, 5.74) is 2.02. The maximum atomic E-state index is 12.6. The van der Waals surface area contributed by atoms with Crippen LogP contribution in [0.4, 0.5) is 5.69 Å². The molecule has 1 N–H and O–H groups in total. The Labute approximate surface area is 188 Å². The SMILES string of the molecule is COc1cccc2cc(C(=O)Nc3ccc(Oc4ccc(-n5ccc(C)n5)nn4)cc3)oc12. The van der Waals surface area contributed by atoms with Crippen molar-refractivity contribution in [2.75, 3.05) is 12.4 Å². The number of furan rings is 1. The number of nitrogens with one attached hydrogen (secondary N) is 1. The Morgan fingerprint density at radius 1 is 1.03 bits per heavy atom. The first kappa shape index (κ1) is 20.3. The lowest BCUT2D eigenvalue weighted by Gasteiger charge is -2.07. The number of carbonyl (C=O) groups is 1. The smallest absolute Gasteiger partial charge is 0.291 e. The fourth-order valence-corrected chi connectivity index (χ4v) is 3.26. The number of para-hydroxylation sites is 1. The van der Waals surface area contributed by atoms with Crippen LogP contribution in [-0.2, 0) is 0 Å². The van der Waals surface area contributed by atoms with E-state index >= 15 is 0 Å². The standard InChI is InChI=1S/C24H19N5O4/c1-15-12-13-29(28-15)21-10-11-22(27-26-21)32-18-8-6-17(7-9-18)25-24(30)20-14-16-4-3-5-19(31-2)23(16)33-20/h3-14H,1-2H3,(H,25,30). The zero-order valence-corrected chi connectivity index (χ0v) is 17.9. The molecule has 3 heterocycles. The molecule has 0 bridgehead atoms. The van der Waals surface area contributed by atoms with Crippen molar-refractivity contribution in [1.82, 2.24) is 20.0 Å². The van der Waals surface area contributed by atoms with Gasteiger partial charge in [0.05, 0.1) is 12.8 Å². The summed E-state index contributed by atoms with van der Waals surface area (Å²) in [5, 5.41) is 16.1. The minimum atomic E-state index is -0.364. The van der Waals surface area contributed by atoms with Crippen molar-refractivity contribution in [2.24, 2.45) is 0 Å². The van der Waals surface area contributed by atoms with E-state index in [1.165, 1.54) is 0 Å². The number of rotatable bonds is 6. The number of nitrogens with zero attached hydrogens (tertiary/aromatic N) is 4. The van der Waals surface area contributed by atoms with Crippen LogP contribution < -0.4 is 14.8 Å². The molecule has 9 heteroatoms. The minimum absolute atomic E-state index is 0.192. The van der Waals surface area contributed by atoms with Crippen LogP contribution in [0, 0.1) is 6.92 Å². The molecule has 0 fully saturated rings. The van der Waals surface area contributed by atoms with Gasteiger partial charge in [0.25, 0.3) is 5.91 Å². The van der Waals surface area contributed by atoms with Crippen LogP contribution in [0.5, 0.6) is 17.4 Å². The zero-order valence-electron chi connectivity index (χ0n) is 17.9. The molecule has 5 rings (SSSR count). The van der Waals surface area contributed by atoms with Crippen molar-refractivity contribution in [3.63, 3.8) is 0 Å². The van der Waals surface area contributed by atoms with E-state index in [1.54, 1.807) is 60.3 Å². The maximum Gasteiger partial charge on any atom is 0.291 e. The van der Waals surface area contributed by atoms with Gasteiger partial charge in [0.1, 0.15) is 5.75 Å². The van der Waals surface area contributed by atoms with E-state index in [9.17, 15) is 4.79 Å². The first-order valence-corrected chi connectivity index (χ1v) is 10.1. The Morgan fingerprint density at radius 2 is 1.88 bits per heavy atom. The quantitative estimate of drug-likeness (QED) is 0.405. The highest BCUT2D eigenvalue weighted by atomic mass is 16.5. The molecule has 33 heavy (non-hydrogen) atoms. The van der Waals surface area contributed by atoms with E-state index in [1.807, 2.05) is 31.3 Å². The van der Waals surface area contributed by atoms with Gasteiger partial charge in [-0.2, -0.15) is 5.10 Å². The van der Waals surface area contributed by atoms with Gasteiger partial charge < -0.3 is 19.2 Å². The number of carbonyl (C=O) groups excluding carboxylic acids is 1. The van der Waals surface area contributed by atoms with E-state index in [2.05, 4.69) is 20.6 Å². The van der Waals surface area contributed by atoms with E-state index < -0.39 is 0 Å². The van der Waals surface area contributed by atoms with Gasteiger partial charge in [-0.15, -0.1) is 10.2 Å². The van der Waals surface area contributed by atoms with Crippen LogP contribution in [0.3, 0.4) is 0 Å². The average molecular weight is 441 g/mol. The van der Waals surface area contributed by atoms with Crippen molar-refractivity contribution >= 4 is 22.6 Å². The molecule has 0 saturated heterocycles. The van der Waals surface area contributed by atoms with E-state index in [0.29, 0.717) is 34.5 Å². The van der Waals surface area contributed by atoms with E-state index in [0.717, 1.165) is 11.1 Å². The molecule has 0 aliphatic rings. The number of benzene rings is 2. The monoisotopic (exact) mass is 441 g/mol. The molecular weight excluding hydrogens is 422 g/mol. The molecular formula is C24H19N5O4. The number of amides is 1. The van der Waals surface area contributed by atoms with Gasteiger partial charge in [-0.05, 0) is 55.5 Å². The summed E-state index contributed by atoms with van der Waals surface area (Å²) in [7, 11) is 1.56. The van der Waals surface area contributed by atoms with Crippen molar-refractivity contribution in [3.8, 4) is 23.2 Å². The summed E-state index contributed by atoms with van der Waals surface area (Å²) in [4.78, 5) is 12.6. The molecule has 1 amide bonds. The van der Waals surface area contributed by atoms with Gasteiger partial charge in [0.2, 0.25) is 5.88 Å². The Kier molecular flexibility index (Phi) is 5.19. The predicted octanol–water partition coefficient (Wildman–Crippen LogP) is 4.77. The Balaban J connectivity index is 1.24. The highest BCUT2D eigenvalue weighted by Crippen LogP contribution is 2.29. The number of ether oxygens (including phenoxy) is 2. The summed E-state index contributed by atoms with van der Waals surface area (Å²) in [5.74, 6) is 1.89. The lowest BCUT2D eigenvalue weighted by atomic mass is 10.2. The third-order valence-corrected chi connectivity index (χ3v) is 4.87. The van der Waals surface area contributed by atoms with Gasteiger partial charge in [-0.3, -0.25) is 4.79 Å². The molecule has 0 spiro atoms. The van der Waals surface area contributed by atoms with Gasteiger partial charge in [0.15, 0.2) is 22.9 Å². The van der Waals surface area contributed by atoms with Crippen LogP contribution in [0.1, 0.15) is 16.2 Å².